The minimum absolute atomic E-state index is 0.0876. The lowest BCUT2D eigenvalue weighted by molar-refractivity contribution is -0.137. The van der Waals surface area contributed by atoms with Crippen LogP contribution in [0.3, 0.4) is 0 Å². The molecule has 0 spiro atoms. The Morgan fingerprint density at radius 2 is 1.79 bits per heavy atom. The van der Waals surface area contributed by atoms with Crippen LogP contribution in [0.5, 0.6) is 0 Å². The van der Waals surface area contributed by atoms with Crippen LogP contribution in [0, 0.1) is 0 Å². The molecular weight excluding hydrogens is 411 g/mol. The first-order chi connectivity index (χ1) is 13.7. The van der Waals surface area contributed by atoms with Crippen LogP contribution in [0.2, 0.25) is 5.15 Å². The van der Waals surface area contributed by atoms with Gasteiger partial charge in [-0.3, -0.25) is 9.36 Å². The average Bonchev–Trinajstić information content (AvgIpc) is 3.03. The zero-order valence-corrected chi connectivity index (χ0v) is 15.5. The predicted molar refractivity (Wildman–Crippen MR) is 96.8 cm³/mol. The summed E-state index contributed by atoms with van der Waals surface area (Å²) in [4.78, 5) is 30.6. The molecule has 0 fully saturated rings. The largest absolute Gasteiger partial charge is 0.416 e. The molecule has 29 heavy (non-hydrogen) atoms. The number of amides is 1. The fraction of sp³-hybridized carbons (Fsp3) is 0.222. The third-order valence-corrected chi connectivity index (χ3v) is 4.79. The van der Waals surface area contributed by atoms with Crippen LogP contribution in [-0.4, -0.2) is 36.7 Å². The molecule has 0 N–H and O–H groups in total. The van der Waals surface area contributed by atoms with Gasteiger partial charge in [0.2, 0.25) is 0 Å². The van der Waals surface area contributed by atoms with Crippen LogP contribution in [0.4, 0.5) is 13.2 Å². The van der Waals surface area contributed by atoms with E-state index in [1.165, 1.54) is 33.9 Å². The minimum atomic E-state index is -4.46. The molecule has 1 aliphatic heterocycles. The Balaban J connectivity index is 1.60. The van der Waals surface area contributed by atoms with Crippen molar-refractivity contribution < 1.29 is 18.0 Å². The highest BCUT2D eigenvalue weighted by Crippen LogP contribution is 2.29. The summed E-state index contributed by atoms with van der Waals surface area (Å²) < 4.78 is 40.6. The third-order valence-electron chi connectivity index (χ3n) is 4.57. The maximum absolute atomic E-state index is 12.7. The van der Waals surface area contributed by atoms with Crippen LogP contribution in [0.15, 0.2) is 47.4 Å². The highest BCUT2D eigenvalue weighted by Gasteiger charge is 2.30. The molecule has 4 rings (SSSR count). The van der Waals surface area contributed by atoms with Crippen molar-refractivity contribution in [1.29, 1.82) is 0 Å². The van der Waals surface area contributed by atoms with E-state index >= 15 is 0 Å². The lowest BCUT2D eigenvalue weighted by Gasteiger charge is -2.26. The lowest BCUT2D eigenvalue weighted by atomic mass is 10.2. The second-order valence-corrected chi connectivity index (χ2v) is 6.79. The molecule has 2 aromatic heterocycles. The molecule has 0 aliphatic carbocycles. The summed E-state index contributed by atoms with van der Waals surface area (Å²) in [6.45, 7) is 0.596. The van der Waals surface area contributed by atoms with E-state index in [0.717, 1.165) is 16.8 Å². The van der Waals surface area contributed by atoms with Crippen molar-refractivity contribution in [2.45, 2.75) is 19.3 Å². The number of carbonyl (C=O) groups is 1. The van der Waals surface area contributed by atoms with Crippen molar-refractivity contribution in [1.82, 2.24) is 24.2 Å². The molecule has 11 heteroatoms. The summed E-state index contributed by atoms with van der Waals surface area (Å²) in [6, 6.07) is 7.22. The number of hydrogen-bond acceptors (Lipinski definition) is 4. The first kappa shape index (κ1) is 19.2. The summed E-state index contributed by atoms with van der Waals surface area (Å²) >= 11 is 5.73. The van der Waals surface area contributed by atoms with Gasteiger partial charge in [-0.15, -0.1) is 5.10 Å². The number of benzene rings is 1. The Morgan fingerprint density at radius 1 is 1.07 bits per heavy atom. The van der Waals surface area contributed by atoms with E-state index in [-0.39, 0.29) is 36.4 Å². The molecule has 3 heterocycles. The van der Waals surface area contributed by atoms with Crippen LogP contribution in [0.1, 0.15) is 21.7 Å². The monoisotopic (exact) mass is 423 g/mol. The van der Waals surface area contributed by atoms with E-state index in [1.54, 1.807) is 6.07 Å². The number of aromatic nitrogens is 4. The molecule has 0 unspecified atom stereocenters. The van der Waals surface area contributed by atoms with E-state index in [1.807, 2.05) is 0 Å². The number of pyridine rings is 1. The Bertz CT molecular complexity index is 1120. The minimum Gasteiger partial charge on any atom is -0.329 e. The first-order valence-electron chi connectivity index (χ1n) is 8.51. The fourth-order valence-corrected chi connectivity index (χ4v) is 3.18. The quantitative estimate of drug-likeness (QED) is 0.594. The van der Waals surface area contributed by atoms with Gasteiger partial charge in [0.05, 0.1) is 23.4 Å². The van der Waals surface area contributed by atoms with Crippen molar-refractivity contribution in [3.05, 3.63) is 75.2 Å². The van der Waals surface area contributed by atoms with Gasteiger partial charge in [-0.25, -0.2) is 9.78 Å². The van der Waals surface area contributed by atoms with E-state index < -0.39 is 17.4 Å². The maximum atomic E-state index is 12.7. The third kappa shape index (κ3) is 3.63. The van der Waals surface area contributed by atoms with Crippen LogP contribution >= 0.6 is 11.6 Å². The van der Waals surface area contributed by atoms with E-state index in [4.69, 9.17) is 11.6 Å². The molecule has 1 aliphatic rings. The van der Waals surface area contributed by atoms with Crippen molar-refractivity contribution in [2.24, 2.45) is 0 Å². The molecule has 0 atom stereocenters. The number of fused-ring (bicyclic) bond motifs is 1. The van der Waals surface area contributed by atoms with Crippen molar-refractivity contribution in [3.63, 3.8) is 0 Å². The predicted octanol–water partition coefficient (Wildman–Crippen LogP) is 2.76. The van der Waals surface area contributed by atoms with Gasteiger partial charge in [0.1, 0.15) is 5.15 Å². The highest BCUT2D eigenvalue weighted by molar-refractivity contribution is 6.29. The summed E-state index contributed by atoms with van der Waals surface area (Å²) in [6.07, 6.45) is -3.10. The van der Waals surface area contributed by atoms with Crippen molar-refractivity contribution in [2.75, 3.05) is 6.54 Å². The van der Waals surface area contributed by atoms with Crippen molar-refractivity contribution >= 4 is 17.5 Å². The van der Waals surface area contributed by atoms with Gasteiger partial charge in [-0.1, -0.05) is 11.6 Å². The van der Waals surface area contributed by atoms with E-state index in [2.05, 4.69) is 10.1 Å². The average molecular weight is 424 g/mol. The molecule has 0 saturated heterocycles. The van der Waals surface area contributed by atoms with Gasteiger partial charge in [0.25, 0.3) is 5.91 Å². The molecule has 0 radical (unpaired) electrons. The van der Waals surface area contributed by atoms with E-state index in [0.29, 0.717) is 11.4 Å². The molecule has 7 nitrogen and oxygen atoms in total. The van der Waals surface area contributed by atoms with E-state index in [9.17, 15) is 22.8 Å². The molecule has 3 aromatic rings. The normalized spacial score (nSPS) is 14.0. The molecule has 0 saturated carbocycles. The van der Waals surface area contributed by atoms with Crippen LogP contribution < -0.4 is 5.69 Å². The van der Waals surface area contributed by atoms with Gasteiger partial charge in [-0.2, -0.15) is 17.9 Å². The fourth-order valence-electron chi connectivity index (χ4n) is 3.07. The van der Waals surface area contributed by atoms with Crippen LogP contribution in [0.25, 0.3) is 5.69 Å². The Kier molecular flexibility index (Phi) is 4.65. The zero-order chi connectivity index (χ0) is 20.8. The van der Waals surface area contributed by atoms with Gasteiger partial charge in [0.15, 0.2) is 5.82 Å². The SMILES string of the molecule is O=C(c1ccc(Cl)nc1)N1CCn2c(nn(-c3ccc(C(F)(F)F)cc3)c2=O)C1. The summed E-state index contributed by atoms with van der Waals surface area (Å²) in [5.74, 6) is 0.0633. The summed E-state index contributed by atoms with van der Waals surface area (Å²) in [7, 11) is 0. The number of hydrogen-bond donors (Lipinski definition) is 0. The number of nitrogens with zero attached hydrogens (tertiary/aromatic N) is 5. The summed E-state index contributed by atoms with van der Waals surface area (Å²) in [5, 5.41) is 4.48. The Morgan fingerprint density at radius 3 is 2.41 bits per heavy atom. The number of halogens is 4. The topological polar surface area (TPSA) is 73.0 Å². The lowest BCUT2D eigenvalue weighted by Crippen LogP contribution is -2.40. The standard InChI is InChI=1S/C18H13ClF3N5O2/c19-14-6-1-11(9-23-14)16(28)25-7-8-26-15(10-25)24-27(17(26)29)13-4-2-12(3-5-13)18(20,21)22/h1-6,9H,7-8,10H2. The number of rotatable bonds is 2. The molecule has 1 amide bonds. The van der Waals surface area contributed by atoms with Crippen molar-refractivity contribution in [3.8, 4) is 5.69 Å². The Hall–Kier alpha value is -3.14. The molecule has 150 valence electrons. The van der Waals surface area contributed by atoms with Gasteiger partial charge < -0.3 is 4.90 Å². The van der Waals surface area contributed by atoms with Gasteiger partial charge in [0, 0.05) is 19.3 Å². The Labute approximate surface area is 167 Å². The molecule has 1 aromatic carbocycles. The van der Waals surface area contributed by atoms with Crippen LogP contribution in [-0.2, 0) is 19.3 Å². The highest BCUT2D eigenvalue weighted by atomic mass is 35.5. The number of alkyl halides is 3. The smallest absolute Gasteiger partial charge is 0.329 e. The van der Waals surface area contributed by atoms with Gasteiger partial charge in [-0.05, 0) is 36.4 Å². The number of carbonyl (C=O) groups excluding carboxylic acids is 1. The summed E-state index contributed by atoms with van der Waals surface area (Å²) in [5.41, 5.74) is -0.719. The molecule has 0 bridgehead atoms. The second-order valence-electron chi connectivity index (χ2n) is 6.40. The van der Waals surface area contributed by atoms with Gasteiger partial charge >= 0.3 is 11.9 Å². The molecular formula is C18H13ClF3N5O2. The second kappa shape index (κ2) is 7.03. The zero-order valence-electron chi connectivity index (χ0n) is 14.7. The first-order valence-corrected chi connectivity index (χ1v) is 8.89. The maximum Gasteiger partial charge on any atom is 0.416 e.